The van der Waals surface area contributed by atoms with Crippen LogP contribution in [0, 0.1) is 5.82 Å². The number of amides is 1. The lowest BCUT2D eigenvalue weighted by molar-refractivity contribution is 0.0924. The van der Waals surface area contributed by atoms with Crippen LogP contribution < -0.4 is 5.32 Å². The minimum absolute atomic E-state index is 0.265. The third kappa shape index (κ3) is 3.89. The standard InChI is InChI=1S/C21H18FN3O2/c22-16-7-5-15(6-8-16)11-12-23-21(26)20-10-9-17(27-20)13-25-14-24-18-3-1-2-4-19(18)25/h1-10,14H,11-13H2,(H,23,26). The molecule has 4 aromatic rings. The summed E-state index contributed by atoms with van der Waals surface area (Å²) in [6.07, 6.45) is 2.39. The molecule has 0 aliphatic rings. The fourth-order valence-electron chi connectivity index (χ4n) is 2.95. The van der Waals surface area contributed by atoms with Crippen LogP contribution in [0.3, 0.4) is 0 Å². The molecule has 4 rings (SSSR count). The summed E-state index contributed by atoms with van der Waals surface area (Å²) in [5, 5.41) is 2.82. The number of para-hydroxylation sites is 2. The highest BCUT2D eigenvalue weighted by molar-refractivity contribution is 5.91. The van der Waals surface area contributed by atoms with E-state index in [9.17, 15) is 9.18 Å². The highest BCUT2D eigenvalue weighted by atomic mass is 19.1. The van der Waals surface area contributed by atoms with Crippen LogP contribution in [-0.4, -0.2) is 22.0 Å². The van der Waals surface area contributed by atoms with Crippen molar-refractivity contribution in [2.24, 2.45) is 0 Å². The highest BCUT2D eigenvalue weighted by Crippen LogP contribution is 2.16. The topological polar surface area (TPSA) is 60.1 Å². The average molecular weight is 363 g/mol. The lowest BCUT2D eigenvalue weighted by Gasteiger charge is -2.04. The molecule has 0 radical (unpaired) electrons. The van der Waals surface area contributed by atoms with Gasteiger partial charge in [0.05, 0.1) is 23.9 Å². The first-order chi connectivity index (χ1) is 13.2. The molecule has 2 heterocycles. The van der Waals surface area contributed by atoms with Gasteiger partial charge in [0.2, 0.25) is 0 Å². The summed E-state index contributed by atoms with van der Waals surface area (Å²) in [7, 11) is 0. The first-order valence-corrected chi connectivity index (χ1v) is 8.70. The van der Waals surface area contributed by atoms with E-state index in [2.05, 4.69) is 10.3 Å². The van der Waals surface area contributed by atoms with Crippen molar-refractivity contribution in [1.82, 2.24) is 14.9 Å². The van der Waals surface area contributed by atoms with Crippen LogP contribution in [0.1, 0.15) is 21.9 Å². The van der Waals surface area contributed by atoms with E-state index in [0.29, 0.717) is 25.3 Å². The van der Waals surface area contributed by atoms with E-state index in [4.69, 9.17) is 4.42 Å². The summed E-state index contributed by atoms with van der Waals surface area (Å²) >= 11 is 0. The number of furan rings is 1. The van der Waals surface area contributed by atoms with Gasteiger partial charge in [-0.05, 0) is 48.4 Å². The molecule has 1 amide bonds. The summed E-state index contributed by atoms with van der Waals surface area (Å²) in [5.74, 6) is 0.422. The van der Waals surface area contributed by atoms with E-state index in [-0.39, 0.29) is 17.5 Å². The average Bonchev–Trinajstić information content (AvgIpc) is 3.31. The second-order valence-corrected chi connectivity index (χ2v) is 6.26. The Morgan fingerprint density at radius 1 is 1.07 bits per heavy atom. The third-order valence-electron chi connectivity index (χ3n) is 4.35. The number of benzene rings is 2. The van der Waals surface area contributed by atoms with Crippen LogP contribution in [-0.2, 0) is 13.0 Å². The van der Waals surface area contributed by atoms with E-state index in [1.807, 2.05) is 28.8 Å². The molecule has 2 aromatic carbocycles. The predicted octanol–water partition coefficient (Wildman–Crippen LogP) is 3.79. The molecule has 1 N–H and O–H groups in total. The van der Waals surface area contributed by atoms with Gasteiger partial charge < -0.3 is 14.3 Å². The van der Waals surface area contributed by atoms with Crippen LogP contribution in [0.4, 0.5) is 4.39 Å². The molecular weight excluding hydrogens is 345 g/mol. The summed E-state index contributed by atoms with van der Waals surface area (Å²) in [6, 6.07) is 17.6. The van der Waals surface area contributed by atoms with Gasteiger partial charge >= 0.3 is 0 Å². The number of hydrogen-bond acceptors (Lipinski definition) is 3. The number of fused-ring (bicyclic) bond motifs is 1. The molecule has 136 valence electrons. The first kappa shape index (κ1) is 17.0. The largest absolute Gasteiger partial charge is 0.454 e. The Hall–Kier alpha value is -3.41. The number of hydrogen-bond donors (Lipinski definition) is 1. The number of nitrogens with zero attached hydrogens (tertiary/aromatic N) is 2. The summed E-state index contributed by atoms with van der Waals surface area (Å²) in [4.78, 5) is 16.6. The summed E-state index contributed by atoms with van der Waals surface area (Å²) in [6.45, 7) is 0.954. The lowest BCUT2D eigenvalue weighted by Crippen LogP contribution is -2.25. The van der Waals surface area contributed by atoms with Crippen LogP contribution in [0.5, 0.6) is 0 Å². The Labute approximate surface area is 155 Å². The van der Waals surface area contributed by atoms with Crippen molar-refractivity contribution in [3.05, 3.63) is 89.9 Å². The van der Waals surface area contributed by atoms with Gasteiger partial charge in [-0.3, -0.25) is 4.79 Å². The van der Waals surface area contributed by atoms with Gasteiger partial charge in [-0.1, -0.05) is 24.3 Å². The molecular formula is C21H18FN3O2. The fraction of sp³-hybridized carbons (Fsp3) is 0.143. The Morgan fingerprint density at radius 3 is 2.74 bits per heavy atom. The van der Waals surface area contributed by atoms with Gasteiger partial charge in [0.1, 0.15) is 11.6 Å². The molecule has 0 spiro atoms. The zero-order chi connectivity index (χ0) is 18.6. The van der Waals surface area contributed by atoms with Crippen LogP contribution >= 0.6 is 0 Å². The monoisotopic (exact) mass is 363 g/mol. The van der Waals surface area contributed by atoms with Gasteiger partial charge in [0.25, 0.3) is 5.91 Å². The van der Waals surface area contributed by atoms with E-state index in [1.165, 1.54) is 12.1 Å². The zero-order valence-corrected chi connectivity index (χ0v) is 14.6. The van der Waals surface area contributed by atoms with Crippen molar-refractivity contribution in [3.8, 4) is 0 Å². The Bertz CT molecular complexity index is 1070. The Balaban J connectivity index is 1.35. The summed E-state index contributed by atoms with van der Waals surface area (Å²) in [5.41, 5.74) is 2.89. The lowest BCUT2D eigenvalue weighted by atomic mass is 10.1. The van der Waals surface area contributed by atoms with Crippen molar-refractivity contribution in [2.45, 2.75) is 13.0 Å². The van der Waals surface area contributed by atoms with Crippen molar-refractivity contribution in [2.75, 3.05) is 6.54 Å². The fourth-order valence-corrected chi connectivity index (χ4v) is 2.95. The normalized spacial score (nSPS) is 11.0. The number of carbonyl (C=O) groups excluding carboxylic acids is 1. The van der Waals surface area contributed by atoms with Crippen LogP contribution in [0.25, 0.3) is 11.0 Å². The number of carbonyl (C=O) groups is 1. The predicted molar refractivity (Wildman–Crippen MR) is 100.0 cm³/mol. The minimum atomic E-state index is -0.267. The van der Waals surface area contributed by atoms with Gasteiger partial charge in [0, 0.05) is 6.54 Å². The van der Waals surface area contributed by atoms with Gasteiger partial charge in [0.15, 0.2) is 5.76 Å². The van der Waals surface area contributed by atoms with Gasteiger partial charge in [-0.15, -0.1) is 0 Å². The van der Waals surface area contributed by atoms with E-state index in [0.717, 1.165) is 16.6 Å². The van der Waals surface area contributed by atoms with Crippen molar-refractivity contribution in [3.63, 3.8) is 0 Å². The molecule has 0 aliphatic heterocycles. The molecule has 0 unspecified atom stereocenters. The number of rotatable bonds is 6. The Kier molecular flexibility index (Phi) is 4.70. The molecule has 0 aliphatic carbocycles. The quantitative estimate of drug-likeness (QED) is 0.567. The van der Waals surface area contributed by atoms with Crippen molar-refractivity contribution < 1.29 is 13.6 Å². The maximum Gasteiger partial charge on any atom is 0.287 e. The van der Waals surface area contributed by atoms with Crippen molar-refractivity contribution >= 4 is 16.9 Å². The molecule has 2 aromatic heterocycles. The molecule has 6 heteroatoms. The van der Waals surface area contributed by atoms with Crippen molar-refractivity contribution in [1.29, 1.82) is 0 Å². The SMILES string of the molecule is O=C(NCCc1ccc(F)cc1)c1ccc(Cn2cnc3ccccc32)o1. The molecule has 0 saturated heterocycles. The van der Waals surface area contributed by atoms with E-state index in [1.54, 1.807) is 30.6 Å². The maximum atomic E-state index is 12.9. The second kappa shape index (κ2) is 7.45. The Morgan fingerprint density at radius 2 is 1.89 bits per heavy atom. The second-order valence-electron chi connectivity index (χ2n) is 6.26. The molecule has 0 saturated carbocycles. The number of imidazole rings is 1. The number of aromatic nitrogens is 2. The molecule has 27 heavy (non-hydrogen) atoms. The van der Waals surface area contributed by atoms with E-state index < -0.39 is 0 Å². The minimum Gasteiger partial charge on any atom is -0.454 e. The summed E-state index contributed by atoms with van der Waals surface area (Å²) < 4.78 is 20.5. The highest BCUT2D eigenvalue weighted by Gasteiger charge is 2.12. The van der Waals surface area contributed by atoms with Crippen LogP contribution in [0.15, 0.2) is 71.4 Å². The maximum absolute atomic E-state index is 12.9. The van der Waals surface area contributed by atoms with E-state index >= 15 is 0 Å². The third-order valence-corrected chi connectivity index (χ3v) is 4.35. The molecule has 0 atom stereocenters. The smallest absolute Gasteiger partial charge is 0.287 e. The first-order valence-electron chi connectivity index (χ1n) is 8.70. The number of halogens is 1. The molecule has 0 bridgehead atoms. The zero-order valence-electron chi connectivity index (χ0n) is 14.6. The molecule has 5 nitrogen and oxygen atoms in total. The van der Waals surface area contributed by atoms with Gasteiger partial charge in [-0.25, -0.2) is 9.37 Å². The van der Waals surface area contributed by atoms with Gasteiger partial charge in [-0.2, -0.15) is 0 Å². The molecule has 0 fully saturated rings. The van der Waals surface area contributed by atoms with Crippen LogP contribution in [0.2, 0.25) is 0 Å². The number of nitrogens with one attached hydrogen (secondary N) is 1.